The maximum absolute atomic E-state index is 11.6. The number of hydrogen-bond donors (Lipinski definition) is 2. The molecule has 0 spiro atoms. The van der Waals surface area contributed by atoms with Crippen molar-refractivity contribution in [3.8, 4) is 11.5 Å². The molecule has 13 heteroatoms. The molecule has 12 nitrogen and oxygen atoms in total. The van der Waals surface area contributed by atoms with E-state index in [9.17, 15) is 10.1 Å². The molecule has 2 aliphatic heterocycles. The number of hydrazone groups is 1. The van der Waals surface area contributed by atoms with E-state index in [4.69, 9.17) is 14.5 Å². The van der Waals surface area contributed by atoms with Gasteiger partial charge in [-0.25, -0.2) is 5.43 Å². The van der Waals surface area contributed by atoms with Crippen LogP contribution in [0.25, 0.3) is 0 Å². The number of nitro benzene ring substituents is 1. The molecule has 0 amide bonds. The normalized spacial score (nSPS) is 14.4. The number of anilines is 4. The average molecular weight is 603 g/mol. The third-order valence-electron chi connectivity index (χ3n) is 7.28. The molecule has 2 aliphatic rings. The van der Waals surface area contributed by atoms with E-state index in [0.29, 0.717) is 29.3 Å². The Hall–Kier alpha value is -4.97. The van der Waals surface area contributed by atoms with Crippen LogP contribution in [0.2, 0.25) is 0 Å². The van der Waals surface area contributed by atoms with Gasteiger partial charge in [0, 0.05) is 18.8 Å². The fourth-order valence-electron chi connectivity index (χ4n) is 5.03. The van der Waals surface area contributed by atoms with Crippen LogP contribution in [0.5, 0.6) is 11.5 Å². The molecule has 1 saturated heterocycles. The summed E-state index contributed by atoms with van der Waals surface area (Å²) < 4.78 is 10.6. The molecule has 3 aromatic carbocycles. The number of aromatic nitrogens is 3. The lowest BCUT2D eigenvalue weighted by molar-refractivity contribution is -0.385. The van der Waals surface area contributed by atoms with E-state index in [1.54, 1.807) is 0 Å². The Morgan fingerprint density at radius 3 is 2.42 bits per heavy atom. The van der Waals surface area contributed by atoms with Crippen molar-refractivity contribution in [3.63, 3.8) is 0 Å². The van der Waals surface area contributed by atoms with Crippen LogP contribution < -0.4 is 25.1 Å². The largest absolute Gasteiger partial charge is 0.454 e. The predicted molar refractivity (Wildman–Crippen MR) is 167 cm³/mol. The maximum atomic E-state index is 11.6. The third kappa shape index (κ3) is 7.28. The van der Waals surface area contributed by atoms with E-state index >= 15 is 0 Å². The van der Waals surface area contributed by atoms with Crippen molar-refractivity contribution >= 4 is 47.8 Å². The minimum absolute atomic E-state index is 0. The Kier molecular flexibility index (Phi) is 9.16. The Morgan fingerprint density at radius 1 is 1.00 bits per heavy atom. The molecule has 2 N–H and O–H groups in total. The van der Waals surface area contributed by atoms with E-state index in [-0.39, 0.29) is 36.4 Å². The monoisotopic (exact) mass is 602 g/mol. The van der Waals surface area contributed by atoms with Crippen molar-refractivity contribution in [1.29, 1.82) is 0 Å². The van der Waals surface area contributed by atoms with Gasteiger partial charge in [0.05, 0.1) is 22.8 Å². The number of benzene rings is 3. The van der Waals surface area contributed by atoms with Crippen LogP contribution in [0.1, 0.15) is 29.5 Å². The van der Waals surface area contributed by atoms with Gasteiger partial charge < -0.3 is 19.7 Å². The summed E-state index contributed by atoms with van der Waals surface area (Å²) >= 11 is 0. The van der Waals surface area contributed by atoms with Crippen LogP contribution in [0, 0.1) is 23.0 Å². The van der Waals surface area contributed by atoms with E-state index in [1.807, 2.05) is 37.3 Å². The van der Waals surface area contributed by atoms with Gasteiger partial charge in [0.15, 0.2) is 11.5 Å². The zero-order chi connectivity index (χ0) is 28.9. The lowest BCUT2D eigenvalue weighted by Gasteiger charge is -2.32. The van der Waals surface area contributed by atoms with Gasteiger partial charge in [-0.15, -0.1) is 12.4 Å². The summed E-state index contributed by atoms with van der Waals surface area (Å²) in [5.41, 5.74) is 6.27. The van der Waals surface area contributed by atoms with Crippen LogP contribution in [0.3, 0.4) is 0 Å². The van der Waals surface area contributed by atoms with Crippen LogP contribution in [0.15, 0.2) is 71.8 Å². The van der Waals surface area contributed by atoms with Crippen molar-refractivity contribution in [1.82, 2.24) is 15.0 Å². The first-order valence-corrected chi connectivity index (χ1v) is 13.8. The molecule has 0 bridgehead atoms. The van der Waals surface area contributed by atoms with Crippen molar-refractivity contribution in [2.45, 2.75) is 26.2 Å². The van der Waals surface area contributed by atoms with Crippen LogP contribution >= 0.6 is 12.4 Å². The van der Waals surface area contributed by atoms with Crippen molar-refractivity contribution in [2.24, 2.45) is 11.0 Å². The van der Waals surface area contributed by atoms with Gasteiger partial charge in [0.25, 0.3) is 5.69 Å². The van der Waals surface area contributed by atoms with Gasteiger partial charge in [-0.05, 0) is 55.9 Å². The zero-order valence-electron chi connectivity index (χ0n) is 23.5. The van der Waals surface area contributed by atoms with E-state index in [2.05, 4.69) is 55.0 Å². The Balaban J connectivity index is 0.00000368. The molecule has 4 aromatic rings. The summed E-state index contributed by atoms with van der Waals surface area (Å²) in [5.74, 6) is 2.44. The molecule has 0 unspecified atom stereocenters. The molecule has 1 aromatic heterocycles. The average Bonchev–Trinajstić information content (AvgIpc) is 3.46. The Labute approximate surface area is 254 Å². The number of nitrogens with one attached hydrogen (secondary N) is 2. The molecule has 0 saturated carbocycles. The molecule has 0 atom stereocenters. The van der Waals surface area contributed by atoms with Gasteiger partial charge in [0.2, 0.25) is 24.6 Å². The second kappa shape index (κ2) is 13.3. The second-order valence-electron chi connectivity index (χ2n) is 10.3. The van der Waals surface area contributed by atoms with Gasteiger partial charge in [-0.3, -0.25) is 10.1 Å². The van der Waals surface area contributed by atoms with Crippen LogP contribution in [-0.4, -0.2) is 46.0 Å². The number of fused-ring (bicyclic) bond motifs is 1. The maximum Gasteiger partial charge on any atom is 0.282 e. The lowest BCUT2D eigenvalue weighted by Crippen LogP contribution is -2.35. The van der Waals surface area contributed by atoms with Gasteiger partial charge in [-0.2, -0.15) is 20.1 Å². The highest BCUT2D eigenvalue weighted by molar-refractivity contribution is 5.87. The van der Waals surface area contributed by atoms with Crippen molar-refractivity contribution < 1.29 is 14.4 Å². The summed E-state index contributed by atoms with van der Waals surface area (Å²) in [6, 6.07) is 21.3. The van der Waals surface area contributed by atoms with Gasteiger partial charge in [0.1, 0.15) is 0 Å². The standard InChI is InChI=1S/C30H30N8O4.ClH/c1-20-7-9-24(10-8-20)32-28-33-29(36-31-18-23-16-26-27(42-19-41-26)17-25(23)38(39)40)35-30(34-28)37-13-11-22(12-14-37)15-21-5-3-2-4-6-21;/h2-10,16-18,22H,11-15,19H2,1H3,(H2,32,33,34,35,36);1H/b31-18+;. The van der Waals surface area contributed by atoms with Crippen molar-refractivity contribution in [3.05, 3.63) is 93.5 Å². The first kappa shape index (κ1) is 29.5. The molecule has 43 heavy (non-hydrogen) atoms. The van der Waals surface area contributed by atoms with E-state index < -0.39 is 4.92 Å². The number of nitro groups is 1. The number of nitrogens with zero attached hydrogens (tertiary/aromatic N) is 6. The van der Waals surface area contributed by atoms with E-state index in [1.165, 1.54) is 23.9 Å². The minimum Gasteiger partial charge on any atom is -0.454 e. The Bertz CT molecular complexity index is 1600. The topological polar surface area (TPSA) is 140 Å². The first-order valence-electron chi connectivity index (χ1n) is 13.8. The van der Waals surface area contributed by atoms with E-state index in [0.717, 1.165) is 43.6 Å². The number of halogens is 1. The minimum atomic E-state index is -0.491. The molecule has 0 aliphatic carbocycles. The summed E-state index contributed by atoms with van der Waals surface area (Å²) in [6.45, 7) is 3.67. The van der Waals surface area contributed by atoms with Crippen molar-refractivity contribution in [2.75, 3.05) is 35.5 Å². The number of rotatable bonds is 9. The molecular weight excluding hydrogens is 572 g/mol. The third-order valence-corrected chi connectivity index (χ3v) is 7.28. The molecule has 222 valence electrons. The quantitative estimate of drug-likeness (QED) is 0.135. The first-order chi connectivity index (χ1) is 20.5. The molecular formula is C30H31ClN8O4. The molecule has 6 rings (SSSR count). The molecule has 0 radical (unpaired) electrons. The Morgan fingerprint density at radius 2 is 1.70 bits per heavy atom. The SMILES string of the molecule is Cc1ccc(Nc2nc(N/N=C/c3cc4c(cc3[N+](=O)[O-])OCO4)nc(N3CCC(Cc4ccccc4)CC3)n2)cc1.Cl. The van der Waals surface area contributed by atoms with Gasteiger partial charge >= 0.3 is 0 Å². The number of hydrogen-bond acceptors (Lipinski definition) is 11. The van der Waals surface area contributed by atoms with Crippen LogP contribution in [0.4, 0.5) is 29.2 Å². The summed E-state index contributed by atoms with van der Waals surface area (Å²) in [5, 5.41) is 19.1. The fourth-order valence-corrected chi connectivity index (χ4v) is 5.03. The summed E-state index contributed by atoms with van der Waals surface area (Å²) in [7, 11) is 0. The highest BCUT2D eigenvalue weighted by Crippen LogP contribution is 2.37. The zero-order valence-corrected chi connectivity index (χ0v) is 24.3. The lowest BCUT2D eigenvalue weighted by atomic mass is 9.90. The summed E-state index contributed by atoms with van der Waals surface area (Å²) in [4.78, 5) is 27.1. The molecule has 3 heterocycles. The second-order valence-corrected chi connectivity index (χ2v) is 10.3. The number of ether oxygens (including phenoxy) is 2. The highest BCUT2D eigenvalue weighted by atomic mass is 35.5. The number of piperidine rings is 1. The highest BCUT2D eigenvalue weighted by Gasteiger charge is 2.24. The number of aryl methyl sites for hydroxylation is 1. The van der Waals surface area contributed by atoms with Gasteiger partial charge in [-0.1, -0.05) is 48.0 Å². The fraction of sp³-hybridized carbons (Fsp3) is 0.267. The summed E-state index contributed by atoms with van der Waals surface area (Å²) in [6.07, 6.45) is 4.44. The smallest absolute Gasteiger partial charge is 0.282 e. The molecule has 1 fully saturated rings. The van der Waals surface area contributed by atoms with Crippen LogP contribution in [-0.2, 0) is 6.42 Å². The predicted octanol–water partition coefficient (Wildman–Crippen LogP) is 5.89.